The van der Waals surface area contributed by atoms with Gasteiger partial charge in [-0.05, 0) is 25.0 Å². The number of carbonyl (C=O) groups is 1. The van der Waals surface area contributed by atoms with E-state index in [4.69, 9.17) is 0 Å². The normalized spacial score (nSPS) is 21.1. The van der Waals surface area contributed by atoms with E-state index >= 15 is 0 Å². The third-order valence-corrected chi connectivity index (χ3v) is 4.09. The lowest BCUT2D eigenvalue weighted by atomic mass is 10.2. The van der Waals surface area contributed by atoms with Crippen LogP contribution in [-0.2, 0) is 6.54 Å². The number of hydrogen-bond donors (Lipinski definition) is 2. The summed E-state index contributed by atoms with van der Waals surface area (Å²) in [5, 5.41) is 5.75. The molecule has 0 saturated carbocycles. The van der Waals surface area contributed by atoms with Gasteiger partial charge in [-0.1, -0.05) is 30.3 Å². The number of hydrogen-bond acceptors (Lipinski definition) is 4. The molecule has 2 aromatic rings. The van der Waals surface area contributed by atoms with Crippen LogP contribution in [0, 0.1) is 0 Å². The molecule has 3 rings (SSSR count). The Kier molecular flexibility index (Phi) is 4.83. The summed E-state index contributed by atoms with van der Waals surface area (Å²) in [6.07, 6.45) is 3.96. The number of urea groups is 1. The van der Waals surface area contributed by atoms with Crippen LogP contribution in [0.3, 0.4) is 0 Å². The Morgan fingerprint density at radius 1 is 1.30 bits per heavy atom. The fraction of sp³-hybridized carbons (Fsp3) is 0.353. The van der Waals surface area contributed by atoms with Crippen LogP contribution in [0.25, 0.3) is 0 Å². The first-order chi connectivity index (χ1) is 11.2. The molecule has 1 fully saturated rings. The van der Waals surface area contributed by atoms with Gasteiger partial charge in [0.15, 0.2) is 0 Å². The van der Waals surface area contributed by atoms with Gasteiger partial charge in [-0.2, -0.15) is 0 Å². The highest BCUT2D eigenvalue weighted by atomic mass is 16.2. The van der Waals surface area contributed by atoms with E-state index in [-0.39, 0.29) is 12.1 Å². The summed E-state index contributed by atoms with van der Waals surface area (Å²) in [6.45, 7) is 3.97. The molecule has 6 heteroatoms. The quantitative estimate of drug-likeness (QED) is 0.908. The highest BCUT2D eigenvalue weighted by molar-refractivity contribution is 5.88. The van der Waals surface area contributed by atoms with Gasteiger partial charge in [0.25, 0.3) is 0 Å². The molecule has 1 aliphatic heterocycles. The Balaban J connectivity index is 1.51. The molecule has 0 bridgehead atoms. The van der Waals surface area contributed by atoms with Crippen molar-refractivity contribution in [3.63, 3.8) is 0 Å². The van der Waals surface area contributed by atoms with E-state index in [2.05, 4.69) is 56.7 Å². The number of rotatable bonds is 4. The number of carbonyl (C=O) groups excluding carboxylic acids is 1. The first-order valence-electron chi connectivity index (χ1n) is 7.82. The molecule has 120 valence electrons. The molecule has 1 aromatic carbocycles. The third-order valence-electron chi connectivity index (χ3n) is 4.09. The summed E-state index contributed by atoms with van der Waals surface area (Å²) >= 11 is 0. The van der Waals surface area contributed by atoms with Crippen molar-refractivity contribution >= 4 is 11.8 Å². The van der Waals surface area contributed by atoms with Crippen LogP contribution in [0.2, 0.25) is 0 Å². The average Bonchev–Trinajstić information content (AvgIpc) is 2.88. The van der Waals surface area contributed by atoms with Gasteiger partial charge in [0, 0.05) is 31.4 Å². The van der Waals surface area contributed by atoms with Crippen LogP contribution in [0.4, 0.5) is 10.6 Å². The Morgan fingerprint density at radius 3 is 2.87 bits per heavy atom. The van der Waals surface area contributed by atoms with Crippen molar-refractivity contribution in [3.8, 4) is 0 Å². The van der Waals surface area contributed by atoms with Crippen molar-refractivity contribution in [3.05, 3.63) is 54.5 Å². The molecule has 1 saturated heterocycles. The number of likely N-dealkylation sites (tertiary alicyclic amines) is 1. The van der Waals surface area contributed by atoms with E-state index in [0.29, 0.717) is 11.9 Å². The second-order valence-corrected chi connectivity index (χ2v) is 5.89. The number of anilines is 1. The van der Waals surface area contributed by atoms with E-state index in [1.807, 2.05) is 6.07 Å². The number of aromatic nitrogens is 2. The molecule has 0 aliphatic carbocycles. The predicted molar refractivity (Wildman–Crippen MR) is 88.9 cm³/mol. The first kappa shape index (κ1) is 15.4. The molecule has 2 heterocycles. The number of nitrogens with one attached hydrogen (secondary N) is 2. The number of amides is 2. The van der Waals surface area contributed by atoms with Crippen LogP contribution >= 0.6 is 0 Å². The second kappa shape index (κ2) is 7.19. The SMILES string of the molecule is C[C@@H]1C[C@@H](NC(=O)Nc2ccncn2)CN1Cc1ccccc1. The lowest BCUT2D eigenvalue weighted by Gasteiger charge is -2.20. The highest BCUT2D eigenvalue weighted by Crippen LogP contribution is 2.20. The van der Waals surface area contributed by atoms with Crippen LogP contribution in [-0.4, -0.2) is 39.5 Å². The monoisotopic (exact) mass is 311 g/mol. The Bertz CT molecular complexity index is 634. The maximum absolute atomic E-state index is 12.0. The largest absolute Gasteiger partial charge is 0.334 e. The van der Waals surface area contributed by atoms with Crippen molar-refractivity contribution in [2.45, 2.75) is 32.0 Å². The standard InChI is InChI=1S/C17H21N5O/c1-13-9-15(11-22(13)10-14-5-3-2-4-6-14)20-17(23)21-16-7-8-18-12-19-16/h2-8,12-13,15H,9-11H2,1H3,(H2,18,19,20,21,23)/t13-,15-/m1/s1. The molecule has 2 atom stereocenters. The maximum Gasteiger partial charge on any atom is 0.320 e. The lowest BCUT2D eigenvalue weighted by Crippen LogP contribution is -2.39. The van der Waals surface area contributed by atoms with Gasteiger partial charge in [-0.15, -0.1) is 0 Å². The zero-order chi connectivity index (χ0) is 16.1. The predicted octanol–water partition coefficient (Wildman–Crippen LogP) is 2.26. The second-order valence-electron chi connectivity index (χ2n) is 5.89. The summed E-state index contributed by atoms with van der Waals surface area (Å²) in [4.78, 5) is 22.2. The van der Waals surface area contributed by atoms with Gasteiger partial charge in [0.05, 0.1) is 0 Å². The molecule has 1 aromatic heterocycles. The smallest absolute Gasteiger partial charge is 0.320 e. The highest BCUT2D eigenvalue weighted by Gasteiger charge is 2.29. The molecular formula is C17H21N5O. The summed E-state index contributed by atoms with van der Waals surface area (Å²) in [7, 11) is 0. The summed E-state index contributed by atoms with van der Waals surface area (Å²) < 4.78 is 0. The van der Waals surface area contributed by atoms with Gasteiger partial charge in [0.1, 0.15) is 12.1 Å². The molecule has 1 aliphatic rings. The van der Waals surface area contributed by atoms with E-state index < -0.39 is 0 Å². The topological polar surface area (TPSA) is 70.1 Å². The fourth-order valence-electron chi connectivity index (χ4n) is 2.94. The minimum absolute atomic E-state index is 0.149. The van der Waals surface area contributed by atoms with Crippen molar-refractivity contribution < 1.29 is 4.79 Å². The summed E-state index contributed by atoms with van der Waals surface area (Å²) in [5.41, 5.74) is 1.30. The van der Waals surface area contributed by atoms with Gasteiger partial charge >= 0.3 is 6.03 Å². The van der Waals surface area contributed by atoms with E-state index in [9.17, 15) is 4.79 Å². The van der Waals surface area contributed by atoms with Crippen LogP contribution in [0.5, 0.6) is 0 Å². The van der Waals surface area contributed by atoms with E-state index in [1.54, 1.807) is 12.3 Å². The average molecular weight is 311 g/mol. The third kappa shape index (κ3) is 4.26. The van der Waals surface area contributed by atoms with E-state index in [1.165, 1.54) is 11.9 Å². The molecule has 2 N–H and O–H groups in total. The first-order valence-corrected chi connectivity index (χ1v) is 7.82. The van der Waals surface area contributed by atoms with Crippen LogP contribution < -0.4 is 10.6 Å². The molecular weight excluding hydrogens is 290 g/mol. The van der Waals surface area contributed by atoms with E-state index in [0.717, 1.165) is 19.5 Å². The maximum atomic E-state index is 12.0. The van der Waals surface area contributed by atoms with Crippen LogP contribution in [0.1, 0.15) is 18.9 Å². The molecule has 2 amide bonds. The number of benzene rings is 1. The summed E-state index contributed by atoms with van der Waals surface area (Å²) in [5.74, 6) is 0.504. The summed E-state index contributed by atoms with van der Waals surface area (Å²) in [6, 6.07) is 12.4. The van der Waals surface area contributed by atoms with Crippen molar-refractivity contribution in [1.82, 2.24) is 20.2 Å². The minimum Gasteiger partial charge on any atom is -0.334 e. The molecule has 0 spiro atoms. The molecule has 0 unspecified atom stereocenters. The van der Waals surface area contributed by atoms with Crippen molar-refractivity contribution in [1.29, 1.82) is 0 Å². The Labute approximate surface area is 135 Å². The van der Waals surface area contributed by atoms with Crippen LogP contribution in [0.15, 0.2) is 48.9 Å². The Morgan fingerprint density at radius 2 is 2.13 bits per heavy atom. The van der Waals surface area contributed by atoms with Gasteiger partial charge in [-0.3, -0.25) is 10.2 Å². The van der Waals surface area contributed by atoms with Gasteiger partial charge < -0.3 is 5.32 Å². The molecule has 23 heavy (non-hydrogen) atoms. The number of nitrogens with zero attached hydrogens (tertiary/aromatic N) is 3. The zero-order valence-corrected chi connectivity index (χ0v) is 13.1. The van der Waals surface area contributed by atoms with Crippen molar-refractivity contribution in [2.75, 3.05) is 11.9 Å². The molecule has 0 radical (unpaired) electrons. The van der Waals surface area contributed by atoms with Gasteiger partial charge in [-0.25, -0.2) is 14.8 Å². The Hall–Kier alpha value is -2.47. The zero-order valence-electron chi connectivity index (χ0n) is 13.1. The fourth-order valence-corrected chi connectivity index (χ4v) is 2.94. The minimum atomic E-state index is -0.220. The van der Waals surface area contributed by atoms with Crippen molar-refractivity contribution in [2.24, 2.45) is 0 Å². The van der Waals surface area contributed by atoms with Gasteiger partial charge in [0.2, 0.25) is 0 Å². The lowest BCUT2D eigenvalue weighted by molar-refractivity contribution is 0.244. The molecule has 6 nitrogen and oxygen atoms in total.